The minimum atomic E-state index is 0.167. The molecule has 8 heteroatoms. The fourth-order valence-electron chi connectivity index (χ4n) is 2.29. The average molecular weight is 354 g/mol. The molecule has 128 valence electrons. The molecule has 0 spiro atoms. The van der Waals surface area contributed by atoms with Crippen LogP contribution in [0.15, 0.2) is 42.0 Å². The van der Waals surface area contributed by atoms with Gasteiger partial charge in [-0.15, -0.1) is 11.3 Å². The minimum absolute atomic E-state index is 0.167. The van der Waals surface area contributed by atoms with E-state index in [1.807, 2.05) is 30.5 Å². The van der Waals surface area contributed by atoms with E-state index >= 15 is 0 Å². The van der Waals surface area contributed by atoms with Crippen LogP contribution < -0.4 is 15.4 Å². The van der Waals surface area contributed by atoms with Crippen LogP contribution in [0.25, 0.3) is 11.5 Å². The van der Waals surface area contributed by atoms with E-state index in [2.05, 4.69) is 25.6 Å². The van der Waals surface area contributed by atoms with Crippen molar-refractivity contribution in [3.63, 3.8) is 0 Å². The molecular formula is C17H18N6OS. The molecule has 0 saturated heterocycles. The molecule has 2 aromatic heterocycles. The van der Waals surface area contributed by atoms with Gasteiger partial charge in [-0.1, -0.05) is 12.1 Å². The zero-order valence-corrected chi connectivity index (χ0v) is 14.7. The van der Waals surface area contributed by atoms with Crippen LogP contribution in [0, 0.1) is 12.3 Å². The highest BCUT2D eigenvalue weighted by Crippen LogP contribution is 2.23. The summed E-state index contributed by atoms with van der Waals surface area (Å²) in [5.41, 5.74) is 2.81. The Morgan fingerprint density at radius 2 is 2.04 bits per heavy atom. The first-order valence-corrected chi connectivity index (χ1v) is 8.50. The number of rotatable bonds is 5. The van der Waals surface area contributed by atoms with Gasteiger partial charge in [0, 0.05) is 29.9 Å². The van der Waals surface area contributed by atoms with Crippen LogP contribution >= 0.6 is 11.3 Å². The number of aromatic nitrogens is 3. The molecular weight excluding hydrogens is 336 g/mol. The van der Waals surface area contributed by atoms with E-state index in [0.717, 1.165) is 16.9 Å². The summed E-state index contributed by atoms with van der Waals surface area (Å²) in [7, 11) is 1.64. The molecule has 3 aromatic rings. The fourth-order valence-corrected chi connectivity index (χ4v) is 2.98. The van der Waals surface area contributed by atoms with Gasteiger partial charge < -0.3 is 15.4 Å². The maximum atomic E-state index is 8.06. The van der Waals surface area contributed by atoms with E-state index in [4.69, 9.17) is 10.1 Å². The largest absolute Gasteiger partial charge is 0.496 e. The van der Waals surface area contributed by atoms with Crippen LogP contribution in [-0.2, 0) is 6.54 Å². The molecule has 0 saturated carbocycles. The number of aryl methyl sites for hydroxylation is 1. The standard InChI is InChI=1S/C17H18N6OS/c1-11-5-3-6-14(24-2)12(11)9-21-16(18)23-17-22-13(10-25-17)15-19-7-4-8-20-15/h3-8,10H,9H2,1-2H3,(H3,18,21,22,23). The summed E-state index contributed by atoms with van der Waals surface area (Å²) in [5.74, 6) is 1.54. The predicted octanol–water partition coefficient (Wildman–Crippen LogP) is 3.05. The number of methoxy groups -OCH3 is 1. The van der Waals surface area contributed by atoms with Gasteiger partial charge in [-0.25, -0.2) is 15.0 Å². The lowest BCUT2D eigenvalue weighted by Gasteiger charge is -2.13. The Morgan fingerprint density at radius 3 is 2.80 bits per heavy atom. The van der Waals surface area contributed by atoms with Crippen molar-refractivity contribution in [1.29, 1.82) is 5.41 Å². The van der Waals surface area contributed by atoms with E-state index < -0.39 is 0 Å². The Bertz CT molecular complexity index is 865. The molecule has 0 radical (unpaired) electrons. The SMILES string of the molecule is COc1cccc(C)c1CNC(=N)Nc1nc(-c2ncccn2)cs1. The summed E-state index contributed by atoms with van der Waals surface area (Å²) in [4.78, 5) is 12.7. The molecule has 0 bridgehead atoms. The van der Waals surface area contributed by atoms with Gasteiger partial charge in [-0.05, 0) is 24.6 Å². The highest BCUT2D eigenvalue weighted by Gasteiger charge is 2.09. The second-order valence-corrected chi connectivity index (χ2v) is 6.08. The Morgan fingerprint density at radius 1 is 1.24 bits per heavy atom. The van der Waals surface area contributed by atoms with Crippen LogP contribution in [0.1, 0.15) is 11.1 Å². The molecule has 25 heavy (non-hydrogen) atoms. The van der Waals surface area contributed by atoms with Gasteiger partial charge in [-0.3, -0.25) is 5.41 Å². The van der Waals surface area contributed by atoms with E-state index in [9.17, 15) is 0 Å². The number of hydrogen-bond acceptors (Lipinski definition) is 6. The van der Waals surface area contributed by atoms with Crippen LogP contribution in [-0.4, -0.2) is 28.0 Å². The van der Waals surface area contributed by atoms with Crippen molar-refractivity contribution in [2.75, 3.05) is 12.4 Å². The maximum absolute atomic E-state index is 8.06. The first-order chi connectivity index (χ1) is 12.2. The molecule has 0 amide bonds. The van der Waals surface area contributed by atoms with Crippen molar-refractivity contribution in [3.8, 4) is 17.3 Å². The van der Waals surface area contributed by atoms with Crippen LogP contribution in [0.5, 0.6) is 5.75 Å². The Kier molecular flexibility index (Phi) is 5.20. The monoisotopic (exact) mass is 354 g/mol. The van der Waals surface area contributed by atoms with Crippen molar-refractivity contribution in [1.82, 2.24) is 20.3 Å². The molecule has 0 fully saturated rings. The van der Waals surface area contributed by atoms with Crippen molar-refractivity contribution in [2.24, 2.45) is 0 Å². The van der Waals surface area contributed by atoms with Crippen LogP contribution in [0.4, 0.5) is 5.13 Å². The Labute approximate surface area is 149 Å². The van der Waals surface area contributed by atoms with Gasteiger partial charge in [0.25, 0.3) is 0 Å². The zero-order chi connectivity index (χ0) is 17.6. The van der Waals surface area contributed by atoms with Crippen LogP contribution in [0.2, 0.25) is 0 Å². The second-order valence-electron chi connectivity index (χ2n) is 5.22. The lowest BCUT2D eigenvalue weighted by atomic mass is 10.1. The van der Waals surface area contributed by atoms with Crippen molar-refractivity contribution in [2.45, 2.75) is 13.5 Å². The third kappa shape index (κ3) is 4.10. The third-order valence-electron chi connectivity index (χ3n) is 3.56. The summed E-state index contributed by atoms with van der Waals surface area (Å²) >= 11 is 1.40. The molecule has 3 rings (SSSR count). The summed E-state index contributed by atoms with van der Waals surface area (Å²) in [6.45, 7) is 2.51. The van der Waals surface area contributed by atoms with Gasteiger partial charge in [0.05, 0.1) is 7.11 Å². The number of hydrogen-bond donors (Lipinski definition) is 3. The zero-order valence-electron chi connectivity index (χ0n) is 13.9. The van der Waals surface area contributed by atoms with E-state index in [1.165, 1.54) is 11.3 Å². The highest BCUT2D eigenvalue weighted by atomic mass is 32.1. The fraction of sp³-hybridized carbons (Fsp3) is 0.176. The summed E-state index contributed by atoms with van der Waals surface area (Å²) in [6.07, 6.45) is 3.35. The number of anilines is 1. The Hall–Kier alpha value is -3.00. The quantitative estimate of drug-likeness (QED) is 0.481. The minimum Gasteiger partial charge on any atom is -0.496 e. The van der Waals surface area contributed by atoms with Gasteiger partial charge in [0.15, 0.2) is 16.9 Å². The van der Waals surface area contributed by atoms with Gasteiger partial charge >= 0.3 is 0 Å². The topological polar surface area (TPSA) is 95.8 Å². The molecule has 1 aromatic carbocycles. The van der Waals surface area contributed by atoms with E-state index in [-0.39, 0.29) is 5.96 Å². The van der Waals surface area contributed by atoms with Crippen molar-refractivity contribution >= 4 is 22.4 Å². The van der Waals surface area contributed by atoms with Crippen molar-refractivity contribution < 1.29 is 4.74 Å². The van der Waals surface area contributed by atoms with Gasteiger partial charge in [0.1, 0.15) is 11.4 Å². The molecule has 0 unspecified atom stereocenters. The number of ether oxygens (including phenoxy) is 1. The first kappa shape index (κ1) is 16.8. The molecule has 0 aliphatic heterocycles. The van der Waals surface area contributed by atoms with Gasteiger partial charge in [0.2, 0.25) is 0 Å². The lowest BCUT2D eigenvalue weighted by Crippen LogP contribution is -2.29. The molecule has 3 N–H and O–H groups in total. The van der Waals surface area contributed by atoms with E-state index in [1.54, 1.807) is 25.6 Å². The predicted molar refractivity (Wildman–Crippen MR) is 99.1 cm³/mol. The molecule has 2 heterocycles. The first-order valence-electron chi connectivity index (χ1n) is 7.62. The maximum Gasteiger partial charge on any atom is 0.195 e. The Balaban J connectivity index is 1.61. The highest BCUT2D eigenvalue weighted by molar-refractivity contribution is 7.14. The molecule has 7 nitrogen and oxygen atoms in total. The third-order valence-corrected chi connectivity index (χ3v) is 4.32. The number of benzene rings is 1. The number of nitrogens with zero attached hydrogens (tertiary/aromatic N) is 3. The van der Waals surface area contributed by atoms with Crippen LogP contribution in [0.3, 0.4) is 0 Å². The number of guanidine groups is 1. The molecule has 0 aliphatic carbocycles. The second kappa shape index (κ2) is 7.71. The molecule has 0 atom stereocenters. The molecule has 0 aliphatic rings. The van der Waals surface area contributed by atoms with Crippen molar-refractivity contribution in [3.05, 3.63) is 53.2 Å². The summed E-state index contributed by atoms with van der Waals surface area (Å²) < 4.78 is 5.37. The smallest absolute Gasteiger partial charge is 0.195 e. The number of nitrogens with one attached hydrogen (secondary N) is 3. The summed E-state index contributed by atoms with van der Waals surface area (Å²) in [5, 5.41) is 16.5. The van der Waals surface area contributed by atoms with E-state index in [0.29, 0.717) is 23.2 Å². The summed E-state index contributed by atoms with van der Waals surface area (Å²) in [6, 6.07) is 7.63. The number of thiazole rings is 1. The lowest BCUT2D eigenvalue weighted by molar-refractivity contribution is 0.408. The van der Waals surface area contributed by atoms with Gasteiger partial charge in [-0.2, -0.15) is 0 Å². The normalized spacial score (nSPS) is 10.3. The average Bonchev–Trinajstić information content (AvgIpc) is 3.09.